The molecule has 2 fully saturated rings. The largest absolute Gasteiger partial charge is 0.384 e. The standard InChI is InChI=1S/C15H20ClNO3S/c1-20-9-13-6-7-21(18,19)15(13)10-17(11-15)8-12-4-2-3-5-14(12)16/h2-5,13H,6-11H2,1H3. The highest BCUT2D eigenvalue weighted by molar-refractivity contribution is 7.93. The van der Waals surface area contributed by atoms with E-state index in [4.69, 9.17) is 16.3 Å². The minimum atomic E-state index is -3.01. The zero-order chi connectivity index (χ0) is 15.1. The molecule has 0 N–H and O–H groups in total. The molecule has 21 heavy (non-hydrogen) atoms. The summed E-state index contributed by atoms with van der Waals surface area (Å²) >= 11 is 6.17. The normalized spacial score (nSPS) is 26.9. The zero-order valence-corrected chi connectivity index (χ0v) is 13.7. The molecule has 3 rings (SSSR count). The van der Waals surface area contributed by atoms with Gasteiger partial charge in [-0.15, -0.1) is 0 Å². The second-order valence-electron chi connectivity index (χ2n) is 6.06. The lowest BCUT2D eigenvalue weighted by molar-refractivity contribution is 0.0412. The number of hydrogen-bond donors (Lipinski definition) is 0. The van der Waals surface area contributed by atoms with Crippen molar-refractivity contribution in [3.8, 4) is 0 Å². The highest BCUT2D eigenvalue weighted by atomic mass is 35.5. The second kappa shape index (κ2) is 5.54. The first-order valence-electron chi connectivity index (χ1n) is 7.15. The number of likely N-dealkylation sites (tertiary alicyclic amines) is 1. The van der Waals surface area contributed by atoms with Crippen molar-refractivity contribution in [3.05, 3.63) is 34.9 Å². The van der Waals surface area contributed by atoms with Crippen molar-refractivity contribution in [2.75, 3.05) is 32.6 Å². The van der Waals surface area contributed by atoms with Gasteiger partial charge in [0.15, 0.2) is 9.84 Å². The van der Waals surface area contributed by atoms with Crippen LogP contribution in [-0.2, 0) is 21.1 Å². The van der Waals surface area contributed by atoms with E-state index in [2.05, 4.69) is 4.90 Å². The van der Waals surface area contributed by atoms with Crippen LogP contribution in [0.15, 0.2) is 24.3 Å². The van der Waals surface area contributed by atoms with Gasteiger partial charge in [-0.05, 0) is 18.1 Å². The van der Waals surface area contributed by atoms with Crippen molar-refractivity contribution in [2.45, 2.75) is 17.7 Å². The fourth-order valence-electron chi connectivity index (χ4n) is 3.60. The molecular formula is C15H20ClNO3S. The molecule has 116 valence electrons. The molecule has 2 aliphatic rings. The fraction of sp³-hybridized carbons (Fsp3) is 0.600. The molecule has 0 bridgehead atoms. The minimum Gasteiger partial charge on any atom is -0.384 e. The lowest BCUT2D eigenvalue weighted by Crippen LogP contribution is -2.67. The minimum absolute atomic E-state index is 0.120. The molecule has 1 spiro atoms. The molecule has 1 unspecified atom stereocenters. The molecule has 1 aromatic rings. The average Bonchev–Trinajstić information content (AvgIpc) is 2.65. The Morgan fingerprint density at radius 3 is 2.76 bits per heavy atom. The Morgan fingerprint density at radius 1 is 1.38 bits per heavy atom. The quantitative estimate of drug-likeness (QED) is 0.847. The molecule has 4 nitrogen and oxygen atoms in total. The van der Waals surface area contributed by atoms with Crippen molar-refractivity contribution in [2.24, 2.45) is 5.92 Å². The van der Waals surface area contributed by atoms with Gasteiger partial charge in [0.25, 0.3) is 0 Å². The van der Waals surface area contributed by atoms with E-state index >= 15 is 0 Å². The van der Waals surface area contributed by atoms with E-state index in [9.17, 15) is 8.42 Å². The lowest BCUT2D eigenvalue weighted by atomic mass is 9.83. The number of hydrogen-bond acceptors (Lipinski definition) is 4. The van der Waals surface area contributed by atoms with E-state index in [1.54, 1.807) is 7.11 Å². The maximum Gasteiger partial charge on any atom is 0.158 e. The van der Waals surface area contributed by atoms with Gasteiger partial charge in [0.1, 0.15) is 4.75 Å². The number of benzene rings is 1. The Balaban J connectivity index is 1.72. The molecule has 2 aliphatic heterocycles. The van der Waals surface area contributed by atoms with E-state index < -0.39 is 14.6 Å². The summed E-state index contributed by atoms with van der Waals surface area (Å²) in [4.78, 5) is 2.16. The Morgan fingerprint density at radius 2 is 2.10 bits per heavy atom. The first-order valence-corrected chi connectivity index (χ1v) is 9.18. The Bertz CT molecular complexity index is 626. The maximum atomic E-state index is 12.4. The SMILES string of the molecule is COCC1CCS(=O)(=O)C12CN(Cc1ccccc1Cl)C2. The molecule has 1 atom stereocenters. The molecule has 2 heterocycles. The van der Waals surface area contributed by atoms with Crippen molar-refractivity contribution < 1.29 is 13.2 Å². The van der Waals surface area contributed by atoms with Crippen LogP contribution in [0, 0.1) is 5.92 Å². The van der Waals surface area contributed by atoms with Crippen molar-refractivity contribution in [1.29, 1.82) is 0 Å². The van der Waals surface area contributed by atoms with Gasteiger partial charge in [0, 0.05) is 37.7 Å². The van der Waals surface area contributed by atoms with Crippen LogP contribution in [0.1, 0.15) is 12.0 Å². The smallest absolute Gasteiger partial charge is 0.158 e. The molecule has 0 aromatic heterocycles. The number of ether oxygens (including phenoxy) is 1. The Hall–Kier alpha value is -0.620. The molecule has 0 saturated carbocycles. The third-order valence-corrected chi connectivity index (χ3v) is 7.77. The van der Waals surface area contributed by atoms with Crippen LogP contribution >= 0.6 is 11.6 Å². The number of rotatable bonds is 4. The van der Waals surface area contributed by atoms with Crippen LogP contribution in [0.4, 0.5) is 0 Å². The Kier molecular flexibility index (Phi) is 4.03. The summed E-state index contributed by atoms with van der Waals surface area (Å²) in [5.74, 6) is 0.413. The summed E-state index contributed by atoms with van der Waals surface area (Å²) < 4.78 is 29.4. The van der Waals surface area contributed by atoms with Crippen LogP contribution in [-0.4, -0.2) is 50.6 Å². The molecule has 2 saturated heterocycles. The predicted molar refractivity (Wildman–Crippen MR) is 83.2 cm³/mol. The van der Waals surface area contributed by atoms with Crippen molar-refractivity contribution in [1.82, 2.24) is 4.90 Å². The number of halogens is 1. The first-order chi connectivity index (χ1) is 9.98. The molecule has 0 amide bonds. The van der Waals surface area contributed by atoms with Gasteiger partial charge in [-0.25, -0.2) is 8.42 Å². The Labute approximate surface area is 131 Å². The zero-order valence-electron chi connectivity index (χ0n) is 12.1. The molecule has 6 heteroatoms. The lowest BCUT2D eigenvalue weighted by Gasteiger charge is -2.50. The molecular weight excluding hydrogens is 310 g/mol. The van der Waals surface area contributed by atoms with E-state index in [-0.39, 0.29) is 5.92 Å². The molecule has 0 radical (unpaired) electrons. The molecule has 0 aliphatic carbocycles. The number of methoxy groups -OCH3 is 1. The van der Waals surface area contributed by atoms with Crippen molar-refractivity contribution >= 4 is 21.4 Å². The summed E-state index contributed by atoms with van der Waals surface area (Å²) in [6.07, 6.45) is 0.718. The predicted octanol–water partition coefficient (Wildman–Crippen LogP) is 1.98. The average molecular weight is 330 g/mol. The summed E-state index contributed by atoms with van der Waals surface area (Å²) in [6, 6.07) is 7.71. The summed E-state index contributed by atoms with van der Waals surface area (Å²) in [5, 5.41) is 0.737. The van der Waals surface area contributed by atoms with Gasteiger partial charge in [-0.3, -0.25) is 4.90 Å². The van der Waals surface area contributed by atoms with Gasteiger partial charge in [-0.1, -0.05) is 29.8 Å². The third-order valence-electron chi connectivity index (χ3n) is 4.80. The van der Waals surface area contributed by atoms with Gasteiger partial charge < -0.3 is 4.74 Å². The van der Waals surface area contributed by atoms with Crippen molar-refractivity contribution in [3.63, 3.8) is 0 Å². The summed E-state index contributed by atoms with van der Waals surface area (Å²) in [6.45, 7) is 2.42. The maximum absolute atomic E-state index is 12.4. The van der Waals surface area contributed by atoms with Gasteiger partial charge in [-0.2, -0.15) is 0 Å². The van der Waals surface area contributed by atoms with E-state index in [0.717, 1.165) is 17.0 Å². The first kappa shape index (κ1) is 15.3. The van der Waals surface area contributed by atoms with Crippen LogP contribution in [0.2, 0.25) is 5.02 Å². The van der Waals surface area contributed by atoms with Crippen LogP contribution in [0.5, 0.6) is 0 Å². The van der Waals surface area contributed by atoms with Crippen LogP contribution in [0.25, 0.3) is 0 Å². The van der Waals surface area contributed by atoms with E-state index in [0.29, 0.717) is 32.0 Å². The molecule has 1 aromatic carbocycles. The third kappa shape index (κ3) is 2.50. The topological polar surface area (TPSA) is 46.6 Å². The summed E-state index contributed by atoms with van der Waals surface area (Å²) in [7, 11) is -1.37. The monoisotopic (exact) mass is 329 g/mol. The van der Waals surface area contributed by atoms with E-state index in [1.165, 1.54) is 0 Å². The van der Waals surface area contributed by atoms with Crippen LogP contribution < -0.4 is 0 Å². The van der Waals surface area contributed by atoms with E-state index in [1.807, 2.05) is 24.3 Å². The van der Waals surface area contributed by atoms with Crippen LogP contribution in [0.3, 0.4) is 0 Å². The highest BCUT2D eigenvalue weighted by Crippen LogP contribution is 2.45. The van der Waals surface area contributed by atoms with Gasteiger partial charge in [0.05, 0.1) is 12.4 Å². The number of sulfone groups is 1. The van der Waals surface area contributed by atoms with Gasteiger partial charge >= 0.3 is 0 Å². The highest BCUT2D eigenvalue weighted by Gasteiger charge is 2.61. The van der Waals surface area contributed by atoms with Gasteiger partial charge in [0.2, 0.25) is 0 Å². The second-order valence-corrected chi connectivity index (χ2v) is 8.92. The fourth-order valence-corrected chi connectivity index (χ4v) is 6.25. The summed E-state index contributed by atoms with van der Waals surface area (Å²) in [5.41, 5.74) is 1.05. The number of nitrogens with zero attached hydrogens (tertiary/aromatic N) is 1.